The Bertz CT molecular complexity index is 210. The summed E-state index contributed by atoms with van der Waals surface area (Å²) in [6.45, 7) is 4.85. The van der Waals surface area contributed by atoms with Gasteiger partial charge in [0.1, 0.15) is 0 Å². The highest BCUT2D eigenvalue weighted by Crippen LogP contribution is 2.29. The largest absolute Gasteiger partial charge is 0.344 e. The molecule has 1 amide bonds. The Hall–Kier alpha value is -0.240. The molecule has 0 aromatic carbocycles. The summed E-state index contributed by atoms with van der Waals surface area (Å²) < 4.78 is 0. The van der Waals surface area contributed by atoms with E-state index in [4.69, 9.17) is 11.6 Å². The van der Waals surface area contributed by atoms with E-state index in [9.17, 15) is 4.79 Å². The van der Waals surface area contributed by atoms with Gasteiger partial charge in [-0.05, 0) is 38.5 Å². The highest BCUT2D eigenvalue weighted by Gasteiger charge is 2.26. The summed E-state index contributed by atoms with van der Waals surface area (Å²) >= 11 is 5.88. The van der Waals surface area contributed by atoms with Crippen molar-refractivity contribution in [1.82, 2.24) is 4.90 Å². The number of carbonyl (C=O) groups is 1. The molecule has 1 aliphatic rings. The van der Waals surface area contributed by atoms with E-state index in [-0.39, 0.29) is 17.2 Å². The summed E-state index contributed by atoms with van der Waals surface area (Å²) in [7, 11) is 1.86. The van der Waals surface area contributed by atoms with Crippen LogP contribution in [0.1, 0.15) is 39.5 Å². The van der Waals surface area contributed by atoms with Gasteiger partial charge in [0.15, 0.2) is 0 Å². The molecule has 1 saturated carbocycles. The third-order valence-corrected chi connectivity index (χ3v) is 3.40. The zero-order valence-corrected chi connectivity index (χ0v) is 10.8. The van der Waals surface area contributed by atoms with E-state index in [1.54, 1.807) is 4.90 Å². The molecule has 0 bridgehead atoms. The SMILES string of the molecule is CC(Cl)CN(C)C(=O)C1CCC(C)CC1. The predicted molar refractivity (Wildman–Crippen MR) is 64.1 cm³/mol. The molecule has 0 aliphatic heterocycles. The minimum atomic E-state index is 0.0430. The highest BCUT2D eigenvalue weighted by molar-refractivity contribution is 6.20. The standard InChI is InChI=1S/C12H22ClNO/c1-9-4-6-11(7-5-9)12(15)14(3)8-10(2)13/h9-11H,4-8H2,1-3H3. The Morgan fingerprint density at radius 1 is 1.40 bits per heavy atom. The molecule has 0 N–H and O–H groups in total. The Morgan fingerprint density at radius 3 is 2.40 bits per heavy atom. The Kier molecular flexibility index (Phi) is 4.91. The first kappa shape index (κ1) is 12.8. The Labute approximate surface area is 98.0 Å². The molecular formula is C12H22ClNO. The first-order valence-corrected chi connectivity index (χ1v) is 6.33. The molecule has 0 radical (unpaired) electrons. The van der Waals surface area contributed by atoms with Gasteiger partial charge < -0.3 is 4.90 Å². The molecule has 0 spiro atoms. The number of nitrogens with zero attached hydrogens (tertiary/aromatic N) is 1. The van der Waals surface area contributed by atoms with Gasteiger partial charge in [-0.2, -0.15) is 0 Å². The van der Waals surface area contributed by atoms with Crippen LogP contribution in [0.4, 0.5) is 0 Å². The van der Waals surface area contributed by atoms with Crippen molar-refractivity contribution in [2.24, 2.45) is 11.8 Å². The maximum atomic E-state index is 12.0. The summed E-state index contributed by atoms with van der Waals surface area (Å²) in [4.78, 5) is 13.8. The normalized spacial score (nSPS) is 28.5. The minimum Gasteiger partial charge on any atom is -0.344 e. The third kappa shape index (κ3) is 4.02. The van der Waals surface area contributed by atoms with E-state index >= 15 is 0 Å². The number of amides is 1. The van der Waals surface area contributed by atoms with Crippen LogP contribution >= 0.6 is 11.6 Å². The fraction of sp³-hybridized carbons (Fsp3) is 0.917. The van der Waals surface area contributed by atoms with E-state index < -0.39 is 0 Å². The second-order valence-corrected chi connectivity index (χ2v) is 5.70. The number of halogens is 1. The van der Waals surface area contributed by atoms with Crippen molar-refractivity contribution in [2.45, 2.75) is 44.9 Å². The molecular weight excluding hydrogens is 210 g/mol. The van der Waals surface area contributed by atoms with Gasteiger partial charge in [-0.1, -0.05) is 6.92 Å². The van der Waals surface area contributed by atoms with Crippen LogP contribution in [0.5, 0.6) is 0 Å². The summed E-state index contributed by atoms with van der Waals surface area (Å²) in [6.07, 6.45) is 4.50. The smallest absolute Gasteiger partial charge is 0.225 e. The van der Waals surface area contributed by atoms with Crippen LogP contribution in [-0.4, -0.2) is 29.8 Å². The van der Waals surface area contributed by atoms with Crippen molar-refractivity contribution in [3.05, 3.63) is 0 Å². The molecule has 0 saturated heterocycles. The predicted octanol–water partition coefficient (Wildman–Crippen LogP) is 2.90. The van der Waals surface area contributed by atoms with Crippen molar-refractivity contribution >= 4 is 17.5 Å². The van der Waals surface area contributed by atoms with Gasteiger partial charge in [-0.25, -0.2) is 0 Å². The van der Waals surface area contributed by atoms with Gasteiger partial charge >= 0.3 is 0 Å². The van der Waals surface area contributed by atoms with Crippen LogP contribution in [0.25, 0.3) is 0 Å². The number of alkyl halides is 1. The fourth-order valence-corrected chi connectivity index (χ4v) is 2.49. The van der Waals surface area contributed by atoms with Gasteiger partial charge in [-0.15, -0.1) is 11.6 Å². The molecule has 2 nitrogen and oxygen atoms in total. The van der Waals surface area contributed by atoms with Gasteiger partial charge in [0.25, 0.3) is 0 Å². The first-order valence-electron chi connectivity index (χ1n) is 5.89. The summed E-state index contributed by atoms with van der Waals surface area (Å²) in [6, 6.07) is 0. The van der Waals surface area contributed by atoms with Gasteiger partial charge in [-0.3, -0.25) is 4.79 Å². The summed E-state index contributed by atoms with van der Waals surface area (Å²) in [5, 5.41) is 0.0430. The van der Waals surface area contributed by atoms with E-state index in [1.165, 1.54) is 12.8 Å². The van der Waals surface area contributed by atoms with Crippen LogP contribution in [0, 0.1) is 11.8 Å². The second kappa shape index (κ2) is 5.74. The van der Waals surface area contributed by atoms with Crippen LogP contribution in [0.2, 0.25) is 0 Å². The molecule has 0 aromatic rings. The molecule has 1 rings (SSSR count). The lowest BCUT2D eigenvalue weighted by atomic mass is 9.82. The van der Waals surface area contributed by atoms with Gasteiger partial charge in [0.05, 0.1) is 0 Å². The molecule has 88 valence electrons. The van der Waals surface area contributed by atoms with Crippen molar-refractivity contribution in [1.29, 1.82) is 0 Å². The Morgan fingerprint density at radius 2 is 1.93 bits per heavy atom. The topological polar surface area (TPSA) is 20.3 Å². The number of rotatable bonds is 3. The van der Waals surface area contributed by atoms with E-state index in [1.807, 2.05) is 14.0 Å². The molecule has 3 heteroatoms. The van der Waals surface area contributed by atoms with Crippen LogP contribution in [0.3, 0.4) is 0 Å². The second-order valence-electron chi connectivity index (χ2n) is 4.96. The molecule has 0 aromatic heterocycles. The lowest BCUT2D eigenvalue weighted by Crippen LogP contribution is -2.37. The lowest BCUT2D eigenvalue weighted by molar-refractivity contribution is -0.135. The van der Waals surface area contributed by atoms with E-state index in [0.717, 1.165) is 18.8 Å². The van der Waals surface area contributed by atoms with E-state index in [0.29, 0.717) is 6.54 Å². The van der Waals surface area contributed by atoms with Crippen LogP contribution in [-0.2, 0) is 4.79 Å². The fourth-order valence-electron chi connectivity index (χ4n) is 2.29. The highest BCUT2D eigenvalue weighted by atomic mass is 35.5. The average Bonchev–Trinajstić information content (AvgIpc) is 2.17. The maximum absolute atomic E-state index is 12.0. The zero-order valence-electron chi connectivity index (χ0n) is 10.0. The minimum absolute atomic E-state index is 0.0430. The van der Waals surface area contributed by atoms with Crippen molar-refractivity contribution in [2.75, 3.05) is 13.6 Å². The average molecular weight is 232 g/mol. The molecule has 1 unspecified atom stereocenters. The monoisotopic (exact) mass is 231 g/mol. The molecule has 1 aliphatic carbocycles. The number of hydrogen-bond acceptors (Lipinski definition) is 1. The number of carbonyl (C=O) groups excluding carboxylic acids is 1. The first-order chi connectivity index (χ1) is 7.00. The van der Waals surface area contributed by atoms with E-state index in [2.05, 4.69) is 6.92 Å². The zero-order chi connectivity index (χ0) is 11.4. The van der Waals surface area contributed by atoms with Crippen LogP contribution < -0.4 is 0 Å². The lowest BCUT2D eigenvalue weighted by Gasteiger charge is -2.29. The third-order valence-electron chi connectivity index (χ3n) is 3.27. The quantitative estimate of drug-likeness (QED) is 0.684. The molecule has 1 fully saturated rings. The number of hydrogen-bond donors (Lipinski definition) is 0. The van der Waals surface area contributed by atoms with Crippen LogP contribution in [0.15, 0.2) is 0 Å². The van der Waals surface area contributed by atoms with Crippen molar-refractivity contribution in [3.8, 4) is 0 Å². The molecule has 1 atom stereocenters. The summed E-state index contributed by atoms with van der Waals surface area (Å²) in [5.74, 6) is 1.34. The van der Waals surface area contributed by atoms with Crippen molar-refractivity contribution in [3.63, 3.8) is 0 Å². The van der Waals surface area contributed by atoms with Gasteiger partial charge in [0, 0.05) is 24.9 Å². The molecule has 15 heavy (non-hydrogen) atoms. The Balaban J connectivity index is 2.39. The van der Waals surface area contributed by atoms with Crippen molar-refractivity contribution < 1.29 is 4.79 Å². The molecule has 0 heterocycles. The summed E-state index contributed by atoms with van der Waals surface area (Å²) in [5.41, 5.74) is 0. The maximum Gasteiger partial charge on any atom is 0.225 e. The van der Waals surface area contributed by atoms with Gasteiger partial charge in [0.2, 0.25) is 5.91 Å².